The number of esters is 4. The third-order valence-corrected chi connectivity index (χ3v) is 8.67. The molecule has 4 rings (SSSR count). The topological polar surface area (TPSA) is 181 Å². The van der Waals surface area contributed by atoms with Crippen molar-refractivity contribution in [2.75, 3.05) is 0 Å². The molecule has 0 aliphatic carbocycles. The number of nitrogens with zero attached hydrogens (tertiary/aromatic N) is 2. The number of amides is 2. The number of hydrogen-bond acceptors (Lipinski definition) is 9. The smallest absolute Gasteiger partial charge is 0.336 e. The Hall–Kier alpha value is -5.30. The quantitative estimate of drug-likeness (QED) is 0.159. The number of nitrogens with one attached hydrogen (secondary N) is 2. The molecule has 0 aliphatic heterocycles. The molecule has 0 saturated heterocycles. The number of carbonyl (C=O) groups excluding carboxylic acids is 6. The largest absolute Gasteiger partial charge is 0.392 e. The van der Waals surface area contributed by atoms with E-state index in [-0.39, 0.29) is 0 Å². The Kier molecular flexibility index (Phi) is 11.1. The van der Waals surface area contributed by atoms with Gasteiger partial charge >= 0.3 is 23.9 Å². The SMILES string of the molecule is Cc1c(C(=O)N[C@H](C(=O)OC(=O)C[C@H](N)C(=O)OC(=O)[C@@H](NC(=O)c2c(C)c3ccccc3n2C)C(C)C)C(C)C)n(C)c2ccccc12. The van der Waals surface area contributed by atoms with Gasteiger partial charge in [-0.25, -0.2) is 14.4 Å². The number of ether oxygens (including phenoxy) is 2. The summed E-state index contributed by atoms with van der Waals surface area (Å²) in [5.41, 5.74) is 9.67. The first-order valence-corrected chi connectivity index (χ1v) is 16.0. The summed E-state index contributed by atoms with van der Waals surface area (Å²) in [6.07, 6.45) is -0.785. The molecule has 4 N–H and O–H groups in total. The molecule has 0 radical (unpaired) electrons. The number of benzene rings is 2. The van der Waals surface area contributed by atoms with Gasteiger partial charge in [0.15, 0.2) is 0 Å². The number of hydrogen-bond donors (Lipinski definition) is 3. The van der Waals surface area contributed by atoms with Crippen molar-refractivity contribution in [3.05, 3.63) is 71.0 Å². The van der Waals surface area contributed by atoms with E-state index in [4.69, 9.17) is 15.2 Å². The molecule has 2 heterocycles. The van der Waals surface area contributed by atoms with Crippen LogP contribution in [-0.4, -0.2) is 63.0 Å². The Morgan fingerprint density at radius 2 is 1.04 bits per heavy atom. The zero-order chi connectivity index (χ0) is 36.3. The molecule has 260 valence electrons. The van der Waals surface area contributed by atoms with Gasteiger partial charge in [0.2, 0.25) is 0 Å². The first kappa shape index (κ1) is 36.5. The summed E-state index contributed by atoms with van der Waals surface area (Å²) in [5.74, 6) is -6.48. The van der Waals surface area contributed by atoms with Crippen molar-refractivity contribution >= 4 is 57.5 Å². The van der Waals surface area contributed by atoms with Gasteiger partial charge in [-0.15, -0.1) is 0 Å². The molecule has 49 heavy (non-hydrogen) atoms. The second-order valence-corrected chi connectivity index (χ2v) is 12.8. The molecular weight excluding hydrogens is 630 g/mol. The molecule has 2 amide bonds. The van der Waals surface area contributed by atoms with Crippen molar-refractivity contribution in [1.82, 2.24) is 19.8 Å². The van der Waals surface area contributed by atoms with Crippen LogP contribution in [-0.2, 0) is 42.7 Å². The highest BCUT2D eigenvalue weighted by atomic mass is 16.6. The second kappa shape index (κ2) is 14.9. The van der Waals surface area contributed by atoms with Crippen LogP contribution in [0.1, 0.15) is 66.2 Å². The van der Waals surface area contributed by atoms with Crippen molar-refractivity contribution in [2.45, 2.75) is 66.1 Å². The zero-order valence-electron chi connectivity index (χ0n) is 29.0. The van der Waals surface area contributed by atoms with E-state index < -0.39 is 72.1 Å². The van der Waals surface area contributed by atoms with E-state index in [1.54, 1.807) is 64.8 Å². The van der Waals surface area contributed by atoms with Crippen LogP contribution in [0.25, 0.3) is 21.8 Å². The number of nitrogens with two attached hydrogens (primary N) is 1. The standard InChI is InChI=1S/C36H43N5O8/c1-18(2)28(38-32(43)30-20(5)22-13-9-11-15-25(22)40(30)7)35(46)48-27(42)17-24(37)34(45)49-36(47)29(19(3)4)39-33(44)31-21(6)23-14-10-12-16-26(23)41(31)8/h9-16,18-19,24,28-29H,17,37H2,1-8H3,(H,38,43)(H,39,44)/t24-,28-,29-/m0/s1. The van der Waals surface area contributed by atoms with Gasteiger partial charge in [-0.3, -0.25) is 14.4 Å². The average molecular weight is 674 g/mol. The van der Waals surface area contributed by atoms with Gasteiger partial charge in [-0.1, -0.05) is 64.1 Å². The van der Waals surface area contributed by atoms with Gasteiger partial charge in [0, 0.05) is 35.9 Å². The van der Waals surface area contributed by atoms with Crippen molar-refractivity contribution in [1.29, 1.82) is 0 Å². The molecule has 0 aliphatic rings. The van der Waals surface area contributed by atoms with Crippen LogP contribution in [0.5, 0.6) is 0 Å². The fraction of sp³-hybridized carbons (Fsp3) is 0.389. The van der Waals surface area contributed by atoms with Crippen LogP contribution in [0.3, 0.4) is 0 Å². The summed E-state index contributed by atoms with van der Waals surface area (Å²) in [5, 5.41) is 7.07. The van der Waals surface area contributed by atoms with E-state index in [1.807, 2.05) is 48.5 Å². The summed E-state index contributed by atoms with van der Waals surface area (Å²) >= 11 is 0. The highest BCUT2D eigenvalue weighted by Gasteiger charge is 2.34. The summed E-state index contributed by atoms with van der Waals surface area (Å²) in [7, 11) is 3.48. The molecule has 2 aromatic carbocycles. The normalized spacial score (nSPS) is 13.3. The second-order valence-electron chi connectivity index (χ2n) is 12.8. The van der Waals surface area contributed by atoms with E-state index in [0.29, 0.717) is 11.4 Å². The number of aryl methyl sites for hydroxylation is 4. The maximum Gasteiger partial charge on any atom is 0.336 e. The Morgan fingerprint density at radius 3 is 1.43 bits per heavy atom. The monoisotopic (exact) mass is 673 g/mol. The van der Waals surface area contributed by atoms with Gasteiger partial charge in [0.1, 0.15) is 29.5 Å². The Morgan fingerprint density at radius 1 is 0.653 bits per heavy atom. The van der Waals surface area contributed by atoms with E-state index in [1.165, 1.54) is 0 Å². The molecule has 0 saturated carbocycles. The van der Waals surface area contributed by atoms with Crippen molar-refractivity contribution in [2.24, 2.45) is 31.7 Å². The fourth-order valence-corrected chi connectivity index (χ4v) is 5.94. The van der Waals surface area contributed by atoms with Crippen LogP contribution < -0.4 is 16.4 Å². The predicted octanol–water partition coefficient (Wildman–Crippen LogP) is 3.35. The number of fused-ring (bicyclic) bond motifs is 2. The summed E-state index contributed by atoms with van der Waals surface area (Å²) in [6, 6.07) is 10.9. The third-order valence-electron chi connectivity index (χ3n) is 8.67. The molecule has 13 nitrogen and oxygen atoms in total. The van der Waals surface area contributed by atoms with Crippen LogP contribution in [0.15, 0.2) is 48.5 Å². The molecular formula is C36H43N5O8. The van der Waals surface area contributed by atoms with Crippen LogP contribution in [0, 0.1) is 25.7 Å². The van der Waals surface area contributed by atoms with E-state index in [2.05, 4.69) is 10.6 Å². The molecule has 13 heteroatoms. The average Bonchev–Trinajstić information content (AvgIpc) is 3.45. The highest BCUT2D eigenvalue weighted by molar-refractivity contribution is 6.05. The maximum absolute atomic E-state index is 13.3. The van der Waals surface area contributed by atoms with Gasteiger partial charge in [0.25, 0.3) is 11.8 Å². The third kappa shape index (κ3) is 7.56. The Bertz CT molecular complexity index is 1880. The zero-order valence-corrected chi connectivity index (χ0v) is 29.0. The maximum atomic E-state index is 13.3. The Labute approximate surface area is 284 Å². The molecule has 4 aromatic rings. The van der Waals surface area contributed by atoms with Gasteiger partial charge in [0.05, 0.1) is 6.42 Å². The van der Waals surface area contributed by atoms with Gasteiger partial charge in [-0.2, -0.15) is 0 Å². The van der Waals surface area contributed by atoms with E-state index >= 15 is 0 Å². The number of para-hydroxylation sites is 2. The summed E-state index contributed by atoms with van der Waals surface area (Å²) in [4.78, 5) is 78.0. The minimum atomic E-state index is -1.65. The molecule has 3 atom stereocenters. The van der Waals surface area contributed by atoms with Crippen molar-refractivity contribution in [3.63, 3.8) is 0 Å². The summed E-state index contributed by atoms with van der Waals surface area (Å²) < 4.78 is 13.4. The van der Waals surface area contributed by atoms with Crippen LogP contribution >= 0.6 is 0 Å². The minimum absolute atomic E-state index is 0.346. The van der Waals surface area contributed by atoms with Gasteiger partial charge in [-0.05, 0) is 48.9 Å². The lowest BCUT2D eigenvalue weighted by Crippen LogP contribution is -2.48. The first-order chi connectivity index (χ1) is 23.0. The van der Waals surface area contributed by atoms with Gasteiger partial charge < -0.3 is 35.0 Å². The number of rotatable bonds is 11. The van der Waals surface area contributed by atoms with Crippen LogP contribution in [0.4, 0.5) is 0 Å². The molecule has 0 fully saturated rings. The Balaban J connectivity index is 1.36. The number of aromatic nitrogens is 2. The molecule has 2 aromatic heterocycles. The molecule has 0 spiro atoms. The summed E-state index contributed by atoms with van der Waals surface area (Å²) in [6.45, 7) is 10.3. The van der Waals surface area contributed by atoms with Crippen LogP contribution in [0.2, 0.25) is 0 Å². The molecule has 0 unspecified atom stereocenters. The fourth-order valence-electron chi connectivity index (χ4n) is 5.94. The first-order valence-electron chi connectivity index (χ1n) is 16.0. The number of carbonyl (C=O) groups is 6. The minimum Gasteiger partial charge on any atom is -0.392 e. The van der Waals surface area contributed by atoms with Crippen molar-refractivity contribution < 1.29 is 38.2 Å². The lowest BCUT2D eigenvalue weighted by atomic mass is 10.0. The predicted molar refractivity (Wildman–Crippen MR) is 182 cm³/mol. The highest BCUT2D eigenvalue weighted by Crippen LogP contribution is 2.26. The lowest BCUT2D eigenvalue weighted by Gasteiger charge is -2.22. The van der Waals surface area contributed by atoms with E-state index in [0.717, 1.165) is 32.9 Å². The lowest BCUT2D eigenvalue weighted by molar-refractivity contribution is -0.168. The van der Waals surface area contributed by atoms with E-state index in [9.17, 15) is 28.8 Å². The molecule has 0 bridgehead atoms. The van der Waals surface area contributed by atoms with Crippen molar-refractivity contribution in [3.8, 4) is 0 Å².